The lowest BCUT2D eigenvalue weighted by atomic mass is 10.6. The fourth-order valence-electron chi connectivity index (χ4n) is 0.272. The van der Waals surface area contributed by atoms with Crippen LogP contribution >= 0.6 is 0 Å². The van der Waals surface area contributed by atoms with Crippen molar-refractivity contribution in [1.82, 2.24) is 0 Å². The third kappa shape index (κ3) is 2.82. The van der Waals surface area contributed by atoms with Crippen LogP contribution in [-0.4, -0.2) is 16.2 Å². The molecule has 1 unspecified atom stereocenters. The van der Waals surface area contributed by atoms with Crippen LogP contribution < -0.4 is 0 Å². The van der Waals surface area contributed by atoms with Crippen molar-refractivity contribution >= 4 is 9.04 Å². The first kappa shape index (κ1) is 7.18. The van der Waals surface area contributed by atoms with Crippen molar-refractivity contribution in [3.05, 3.63) is 0 Å². The molecule has 7 heavy (non-hydrogen) atoms. The minimum absolute atomic E-state index is 0.755. The standard InChI is InChI=1S/C5H14OSi/c1-5(2)7(4)6-3/h5,7H,1-4H3. The number of rotatable bonds is 2. The molecule has 0 aromatic heterocycles. The lowest BCUT2D eigenvalue weighted by Crippen LogP contribution is -2.13. The van der Waals surface area contributed by atoms with Crippen molar-refractivity contribution in [3.63, 3.8) is 0 Å². The summed E-state index contributed by atoms with van der Waals surface area (Å²) in [5.41, 5.74) is 0.782. The van der Waals surface area contributed by atoms with Gasteiger partial charge in [-0.25, -0.2) is 0 Å². The first-order chi connectivity index (χ1) is 3.18. The Bertz CT molecular complexity index is 45.3. The summed E-state index contributed by atoms with van der Waals surface area (Å²) in [6.45, 7) is 6.63. The Morgan fingerprint density at radius 3 is 1.86 bits per heavy atom. The van der Waals surface area contributed by atoms with Gasteiger partial charge in [0.2, 0.25) is 0 Å². The van der Waals surface area contributed by atoms with Gasteiger partial charge in [0.05, 0.1) is 0 Å². The maximum atomic E-state index is 5.15. The average molecular weight is 118 g/mol. The average Bonchev–Trinajstić information content (AvgIpc) is 1.65. The Morgan fingerprint density at radius 2 is 1.86 bits per heavy atom. The fraction of sp³-hybridized carbons (Fsp3) is 1.00. The molecule has 0 aromatic rings. The highest BCUT2D eigenvalue weighted by Crippen LogP contribution is 2.05. The van der Waals surface area contributed by atoms with Crippen LogP contribution in [0.2, 0.25) is 12.1 Å². The highest BCUT2D eigenvalue weighted by atomic mass is 28.3. The van der Waals surface area contributed by atoms with E-state index in [4.69, 9.17) is 4.43 Å². The van der Waals surface area contributed by atoms with Crippen LogP contribution in [0.4, 0.5) is 0 Å². The Balaban J connectivity index is 3.14. The summed E-state index contributed by atoms with van der Waals surface area (Å²) in [5.74, 6) is 0. The molecule has 0 heterocycles. The summed E-state index contributed by atoms with van der Waals surface area (Å²) >= 11 is 0. The van der Waals surface area contributed by atoms with Crippen molar-refractivity contribution < 1.29 is 4.43 Å². The van der Waals surface area contributed by atoms with Crippen LogP contribution in [-0.2, 0) is 4.43 Å². The monoisotopic (exact) mass is 118 g/mol. The second-order valence-corrected chi connectivity index (χ2v) is 5.40. The van der Waals surface area contributed by atoms with Crippen molar-refractivity contribution in [2.24, 2.45) is 0 Å². The molecule has 0 spiro atoms. The van der Waals surface area contributed by atoms with Crippen LogP contribution in [0, 0.1) is 0 Å². The molecule has 0 saturated carbocycles. The molecule has 1 atom stereocenters. The van der Waals surface area contributed by atoms with E-state index < -0.39 is 9.04 Å². The van der Waals surface area contributed by atoms with Crippen LogP contribution in [0.15, 0.2) is 0 Å². The molecule has 0 N–H and O–H groups in total. The molecule has 0 aliphatic heterocycles. The van der Waals surface area contributed by atoms with Gasteiger partial charge in [0, 0.05) is 7.11 Å². The van der Waals surface area contributed by atoms with E-state index in [-0.39, 0.29) is 0 Å². The largest absolute Gasteiger partial charge is 0.423 e. The van der Waals surface area contributed by atoms with E-state index in [2.05, 4.69) is 20.4 Å². The van der Waals surface area contributed by atoms with Gasteiger partial charge >= 0.3 is 0 Å². The second kappa shape index (κ2) is 3.21. The molecular weight excluding hydrogens is 104 g/mol. The van der Waals surface area contributed by atoms with Crippen LogP contribution in [0.1, 0.15) is 13.8 Å². The smallest absolute Gasteiger partial charge is 0.175 e. The van der Waals surface area contributed by atoms with Crippen molar-refractivity contribution in [2.75, 3.05) is 7.11 Å². The zero-order chi connectivity index (χ0) is 5.86. The van der Waals surface area contributed by atoms with Crippen molar-refractivity contribution in [2.45, 2.75) is 25.9 Å². The van der Waals surface area contributed by atoms with Gasteiger partial charge in [0.1, 0.15) is 0 Å². The Kier molecular flexibility index (Phi) is 3.30. The molecular formula is C5H14OSi. The molecule has 0 radical (unpaired) electrons. The second-order valence-electron chi connectivity index (χ2n) is 2.18. The normalized spacial score (nSPS) is 15.0. The third-order valence-corrected chi connectivity index (χ3v) is 3.93. The van der Waals surface area contributed by atoms with Crippen LogP contribution in [0.25, 0.3) is 0 Å². The van der Waals surface area contributed by atoms with Gasteiger partial charge in [0.25, 0.3) is 0 Å². The van der Waals surface area contributed by atoms with E-state index in [0.29, 0.717) is 0 Å². The first-order valence-electron chi connectivity index (χ1n) is 2.71. The first-order valence-corrected chi connectivity index (χ1v) is 5.00. The Hall–Kier alpha value is 0.177. The fourth-order valence-corrected chi connectivity index (χ4v) is 0.816. The summed E-state index contributed by atoms with van der Waals surface area (Å²) in [5, 5.41) is 0. The lowest BCUT2D eigenvalue weighted by Gasteiger charge is -2.09. The SMILES string of the molecule is CO[SiH](C)C(C)C. The van der Waals surface area contributed by atoms with E-state index in [0.717, 1.165) is 5.54 Å². The molecule has 2 heteroatoms. The molecule has 0 aliphatic rings. The minimum Gasteiger partial charge on any atom is -0.423 e. The van der Waals surface area contributed by atoms with E-state index in [1.807, 2.05) is 0 Å². The Morgan fingerprint density at radius 1 is 1.43 bits per heavy atom. The summed E-state index contributed by atoms with van der Waals surface area (Å²) in [6.07, 6.45) is 0. The number of hydrogen-bond donors (Lipinski definition) is 0. The van der Waals surface area contributed by atoms with Crippen LogP contribution in [0.5, 0.6) is 0 Å². The zero-order valence-electron chi connectivity index (χ0n) is 5.56. The molecule has 44 valence electrons. The zero-order valence-corrected chi connectivity index (χ0v) is 6.72. The van der Waals surface area contributed by atoms with E-state index in [9.17, 15) is 0 Å². The summed E-state index contributed by atoms with van der Waals surface area (Å²) < 4.78 is 5.15. The van der Waals surface area contributed by atoms with Gasteiger partial charge in [-0.1, -0.05) is 13.8 Å². The molecule has 0 aromatic carbocycles. The van der Waals surface area contributed by atoms with Crippen molar-refractivity contribution in [1.29, 1.82) is 0 Å². The molecule has 0 rings (SSSR count). The van der Waals surface area contributed by atoms with Gasteiger partial charge < -0.3 is 4.43 Å². The van der Waals surface area contributed by atoms with Crippen LogP contribution in [0.3, 0.4) is 0 Å². The predicted octanol–water partition coefficient (Wildman–Crippen LogP) is 1.40. The maximum Gasteiger partial charge on any atom is 0.175 e. The third-order valence-electron chi connectivity index (χ3n) is 1.31. The lowest BCUT2D eigenvalue weighted by molar-refractivity contribution is 0.416. The quantitative estimate of drug-likeness (QED) is 0.498. The Labute approximate surface area is 47.4 Å². The van der Waals surface area contributed by atoms with E-state index in [1.54, 1.807) is 7.11 Å². The summed E-state index contributed by atoms with van der Waals surface area (Å²) in [6, 6.07) is 0. The molecule has 0 saturated heterocycles. The minimum atomic E-state index is -0.755. The van der Waals surface area contributed by atoms with Gasteiger partial charge in [-0.15, -0.1) is 0 Å². The molecule has 0 amide bonds. The van der Waals surface area contributed by atoms with E-state index >= 15 is 0 Å². The van der Waals surface area contributed by atoms with Gasteiger partial charge in [-0.05, 0) is 12.1 Å². The maximum absolute atomic E-state index is 5.15. The molecule has 0 bridgehead atoms. The summed E-state index contributed by atoms with van der Waals surface area (Å²) in [4.78, 5) is 0. The predicted molar refractivity (Wildman–Crippen MR) is 35.1 cm³/mol. The molecule has 0 aliphatic carbocycles. The molecule has 1 nitrogen and oxygen atoms in total. The molecule has 0 fully saturated rings. The topological polar surface area (TPSA) is 9.23 Å². The van der Waals surface area contributed by atoms with E-state index in [1.165, 1.54) is 0 Å². The number of hydrogen-bond acceptors (Lipinski definition) is 1. The summed E-state index contributed by atoms with van der Waals surface area (Å²) in [7, 11) is 1.05. The van der Waals surface area contributed by atoms with Crippen molar-refractivity contribution in [3.8, 4) is 0 Å². The van der Waals surface area contributed by atoms with Gasteiger partial charge in [-0.2, -0.15) is 0 Å². The van der Waals surface area contributed by atoms with Gasteiger partial charge in [0.15, 0.2) is 9.04 Å². The highest BCUT2D eigenvalue weighted by molar-refractivity contribution is 6.51. The highest BCUT2D eigenvalue weighted by Gasteiger charge is 2.05. The van der Waals surface area contributed by atoms with Gasteiger partial charge in [-0.3, -0.25) is 0 Å².